The average molecular weight is 234 g/mol. The molecule has 2 rings (SSSR count). The molecule has 0 unspecified atom stereocenters. The summed E-state index contributed by atoms with van der Waals surface area (Å²) in [5.74, 6) is 1.63. The van der Waals surface area contributed by atoms with Gasteiger partial charge in [0.1, 0.15) is 5.75 Å². The maximum atomic E-state index is 5.78. The Morgan fingerprint density at radius 3 is 2.71 bits per heavy atom. The summed E-state index contributed by atoms with van der Waals surface area (Å²) in [6, 6.07) is 4.00. The Hall–Kier alpha value is -1.09. The van der Waals surface area contributed by atoms with Gasteiger partial charge in [-0.25, -0.2) is 0 Å². The highest BCUT2D eigenvalue weighted by Crippen LogP contribution is 2.24. The second kappa shape index (κ2) is 6.60. The smallest absolute Gasteiger partial charge is 0.137 e. The molecule has 0 aliphatic heterocycles. The Morgan fingerprint density at radius 1 is 1.24 bits per heavy atom. The molecule has 2 N–H and O–H groups in total. The van der Waals surface area contributed by atoms with E-state index in [-0.39, 0.29) is 0 Å². The molecule has 1 aliphatic rings. The SMILES string of the molecule is NCCc1ccc(OCC2CCCCC2)cn1. The second-order valence-electron chi connectivity index (χ2n) is 4.84. The molecular weight excluding hydrogens is 212 g/mol. The molecule has 1 aromatic rings. The third-order valence-electron chi connectivity index (χ3n) is 3.41. The topological polar surface area (TPSA) is 48.1 Å². The van der Waals surface area contributed by atoms with Crippen molar-refractivity contribution >= 4 is 0 Å². The Balaban J connectivity index is 1.77. The van der Waals surface area contributed by atoms with Crippen LogP contribution in [0.5, 0.6) is 5.75 Å². The zero-order chi connectivity index (χ0) is 11.9. The maximum absolute atomic E-state index is 5.78. The van der Waals surface area contributed by atoms with Gasteiger partial charge in [-0.3, -0.25) is 4.98 Å². The van der Waals surface area contributed by atoms with E-state index in [1.165, 1.54) is 32.1 Å². The molecule has 3 heteroatoms. The fourth-order valence-electron chi connectivity index (χ4n) is 2.36. The standard InChI is InChI=1S/C14H22N2O/c15-9-8-13-6-7-14(10-16-13)17-11-12-4-2-1-3-5-12/h6-7,10,12H,1-5,8-9,11,15H2. The van der Waals surface area contributed by atoms with Crippen LogP contribution in [0.25, 0.3) is 0 Å². The molecule has 1 saturated carbocycles. The van der Waals surface area contributed by atoms with Crippen molar-refractivity contribution in [3.05, 3.63) is 24.0 Å². The van der Waals surface area contributed by atoms with Crippen LogP contribution in [0, 0.1) is 5.92 Å². The molecule has 1 aliphatic carbocycles. The Bertz CT molecular complexity index is 317. The molecule has 0 radical (unpaired) electrons. The van der Waals surface area contributed by atoms with Crippen LogP contribution >= 0.6 is 0 Å². The van der Waals surface area contributed by atoms with Gasteiger partial charge < -0.3 is 10.5 Å². The number of hydrogen-bond donors (Lipinski definition) is 1. The molecule has 0 aromatic carbocycles. The lowest BCUT2D eigenvalue weighted by Gasteiger charge is -2.21. The first-order valence-corrected chi connectivity index (χ1v) is 6.66. The number of ether oxygens (including phenoxy) is 1. The minimum Gasteiger partial charge on any atom is -0.492 e. The lowest BCUT2D eigenvalue weighted by Crippen LogP contribution is -2.15. The van der Waals surface area contributed by atoms with Crippen LogP contribution in [0.3, 0.4) is 0 Å². The molecule has 3 nitrogen and oxygen atoms in total. The van der Waals surface area contributed by atoms with Crippen molar-refractivity contribution in [2.75, 3.05) is 13.2 Å². The van der Waals surface area contributed by atoms with Gasteiger partial charge in [0, 0.05) is 12.1 Å². The molecule has 0 amide bonds. The summed E-state index contributed by atoms with van der Waals surface area (Å²) < 4.78 is 5.78. The van der Waals surface area contributed by atoms with Crippen LogP contribution in [-0.4, -0.2) is 18.1 Å². The van der Waals surface area contributed by atoms with Crippen molar-refractivity contribution < 1.29 is 4.74 Å². The predicted molar refractivity (Wildman–Crippen MR) is 69.1 cm³/mol. The summed E-state index contributed by atoms with van der Waals surface area (Å²) in [5.41, 5.74) is 6.52. The lowest BCUT2D eigenvalue weighted by molar-refractivity contribution is 0.208. The van der Waals surface area contributed by atoms with Crippen LogP contribution in [0.1, 0.15) is 37.8 Å². The molecule has 94 valence electrons. The third-order valence-corrected chi connectivity index (χ3v) is 3.41. The molecular formula is C14H22N2O. The van der Waals surface area contributed by atoms with Crippen molar-refractivity contribution in [2.24, 2.45) is 11.7 Å². The highest BCUT2D eigenvalue weighted by Gasteiger charge is 2.13. The Morgan fingerprint density at radius 2 is 2.06 bits per heavy atom. The fraction of sp³-hybridized carbons (Fsp3) is 0.643. The molecule has 0 saturated heterocycles. The van der Waals surface area contributed by atoms with Gasteiger partial charge in [0.2, 0.25) is 0 Å². The summed E-state index contributed by atoms with van der Waals surface area (Å²) in [6.45, 7) is 1.49. The van der Waals surface area contributed by atoms with E-state index in [4.69, 9.17) is 10.5 Å². The van der Waals surface area contributed by atoms with Gasteiger partial charge in [0.25, 0.3) is 0 Å². The number of pyridine rings is 1. The Labute approximate surface area is 103 Å². The number of hydrogen-bond acceptors (Lipinski definition) is 3. The minimum atomic E-state index is 0.648. The second-order valence-corrected chi connectivity index (χ2v) is 4.84. The highest BCUT2D eigenvalue weighted by molar-refractivity contribution is 5.20. The number of nitrogens with zero attached hydrogens (tertiary/aromatic N) is 1. The first kappa shape index (κ1) is 12.4. The number of nitrogens with two attached hydrogens (primary N) is 1. The summed E-state index contributed by atoms with van der Waals surface area (Å²) >= 11 is 0. The van der Waals surface area contributed by atoms with E-state index >= 15 is 0 Å². The summed E-state index contributed by atoms with van der Waals surface area (Å²) in [5, 5.41) is 0. The monoisotopic (exact) mass is 234 g/mol. The van der Waals surface area contributed by atoms with Crippen LogP contribution in [0.4, 0.5) is 0 Å². The molecule has 0 bridgehead atoms. The van der Waals surface area contributed by atoms with E-state index in [1.807, 2.05) is 18.3 Å². The predicted octanol–water partition coefficient (Wildman–Crippen LogP) is 2.54. The lowest BCUT2D eigenvalue weighted by atomic mass is 9.90. The summed E-state index contributed by atoms with van der Waals surface area (Å²) in [6.07, 6.45) is 9.41. The molecule has 0 atom stereocenters. The normalized spacial score (nSPS) is 17.0. The zero-order valence-electron chi connectivity index (χ0n) is 10.4. The summed E-state index contributed by atoms with van der Waals surface area (Å²) in [7, 11) is 0. The van der Waals surface area contributed by atoms with Gasteiger partial charge in [0.15, 0.2) is 0 Å². The van der Waals surface area contributed by atoms with E-state index in [2.05, 4.69) is 4.98 Å². The zero-order valence-corrected chi connectivity index (χ0v) is 10.4. The van der Waals surface area contributed by atoms with E-state index in [0.717, 1.165) is 30.4 Å². The van der Waals surface area contributed by atoms with E-state index in [1.54, 1.807) is 0 Å². The largest absolute Gasteiger partial charge is 0.492 e. The molecule has 1 aromatic heterocycles. The molecule has 1 heterocycles. The van der Waals surface area contributed by atoms with Gasteiger partial charge in [-0.1, -0.05) is 19.3 Å². The Kier molecular flexibility index (Phi) is 4.80. The minimum absolute atomic E-state index is 0.648. The molecule has 1 fully saturated rings. The quantitative estimate of drug-likeness (QED) is 0.851. The van der Waals surface area contributed by atoms with Crippen molar-refractivity contribution in [1.29, 1.82) is 0 Å². The average Bonchev–Trinajstić information content (AvgIpc) is 2.40. The van der Waals surface area contributed by atoms with E-state index in [9.17, 15) is 0 Å². The van der Waals surface area contributed by atoms with Gasteiger partial charge in [-0.2, -0.15) is 0 Å². The van der Waals surface area contributed by atoms with Gasteiger partial charge in [-0.05, 0) is 37.4 Å². The summed E-state index contributed by atoms with van der Waals surface area (Å²) in [4.78, 5) is 4.33. The third kappa shape index (κ3) is 4.00. The van der Waals surface area contributed by atoms with Gasteiger partial charge >= 0.3 is 0 Å². The van der Waals surface area contributed by atoms with Crippen molar-refractivity contribution in [3.63, 3.8) is 0 Å². The fourth-order valence-corrected chi connectivity index (χ4v) is 2.36. The van der Waals surface area contributed by atoms with Crippen molar-refractivity contribution in [1.82, 2.24) is 4.98 Å². The molecule has 17 heavy (non-hydrogen) atoms. The van der Waals surface area contributed by atoms with E-state index < -0.39 is 0 Å². The molecule has 0 spiro atoms. The van der Waals surface area contributed by atoms with Crippen LogP contribution in [-0.2, 0) is 6.42 Å². The first-order valence-electron chi connectivity index (χ1n) is 6.66. The van der Waals surface area contributed by atoms with E-state index in [0.29, 0.717) is 6.54 Å². The highest BCUT2D eigenvalue weighted by atomic mass is 16.5. The van der Waals surface area contributed by atoms with Gasteiger partial charge in [-0.15, -0.1) is 0 Å². The number of rotatable bonds is 5. The van der Waals surface area contributed by atoms with Crippen LogP contribution in [0.15, 0.2) is 18.3 Å². The maximum Gasteiger partial charge on any atom is 0.137 e. The number of aromatic nitrogens is 1. The van der Waals surface area contributed by atoms with Crippen molar-refractivity contribution in [3.8, 4) is 5.75 Å². The van der Waals surface area contributed by atoms with Crippen molar-refractivity contribution in [2.45, 2.75) is 38.5 Å². The van der Waals surface area contributed by atoms with Crippen LogP contribution in [0.2, 0.25) is 0 Å². The first-order chi connectivity index (χ1) is 8.38. The van der Waals surface area contributed by atoms with Crippen LogP contribution < -0.4 is 10.5 Å². The van der Waals surface area contributed by atoms with Gasteiger partial charge in [0.05, 0.1) is 12.8 Å².